The second-order valence-electron chi connectivity index (χ2n) is 21.1. The third-order valence-electron chi connectivity index (χ3n) is 12.8. The highest BCUT2D eigenvalue weighted by molar-refractivity contribution is 7.90. The molecule has 83 heavy (non-hydrogen) atoms. The molecule has 0 atom stereocenters. The summed E-state index contributed by atoms with van der Waals surface area (Å²) in [7, 11) is 2.07. The third-order valence-corrected chi connectivity index (χ3v) is 15.5. The lowest BCUT2D eigenvalue weighted by molar-refractivity contribution is 0.0821. The molecule has 446 valence electrons. The summed E-state index contributed by atoms with van der Waals surface area (Å²) >= 11 is 18.4. The predicted octanol–water partition coefficient (Wildman–Crippen LogP) is 10.3. The first-order valence-corrected chi connectivity index (χ1v) is 30.4. The monoisotopic (exact) mass is 1240 g/mol. The van der Waals surface area contributed by atoms with Crippen LogP contribution in [0.3, 0.4) is 0 Å². The number of carbonyl (C=O) groups excluding carboxylic acids is 5. The summed E-state index contributed by atoms with van der Waals surface area (Å²) in [6.07, 6.45) is 8.58. The Morgan fingerprint density at radius 1 is 0.578 bits per heavy atom. The van der Waals surface area contributed by atoms with Crippen molar-refractivity contribution in [2.24, 2.45) is 5.14 Å². The first-order chi connectivity index (χ1) is 38.9. The molecule has 6 aromatic rings. The number of amides is 6. The maximum atomic E-state index is 12.6. The van der Waals surface area contributed by atoms with Crippen molar-refractivity contribution in [3.05, 3.63) is 140 Å². The molecule has 22 nitrogen and oxygen atoms in total. The second kappa shape index (κ2) is 27.4. The number of para-hydroxylation sites is 1. The number of sulfonamides is 2. The van der Waals surface area contributed by atoms with Crippen LogP contribution in [0.25, 0.3) is 0 Å². The minimum absolute atomic E-state index is 0.0300. The number of rotatable bonds is 14. The smallest absolute Gasteiger partial charge is 0.410 e. The van der Waals surface area contributed by atoms with Gasteiger partial charge in [-0.2, -0.15) is 18.6 Å². The van der Waals surface area contributed by atoms with E-state index in [4.69, 9.17) is 50.4 Å². The Morgan fingerprint density at radius 2 is 0.964 bits per heavy atom. The molecular formula is C56H69Cl3N12O10S2. The number of anilines is 3. The highest BCUT2D eigenvalue weighted by atomic mass is 35.5. The fraction of sp³-hybridized carbons (Fsp3) is 0.375. The van der Waals surface area contributed by atoms with Gasteiger partial charge in [0.2, 0.25) is 0 Å². The molecule has 0 spiro atoms. The number of nitrogen functional groups attached to an aromatic ring is 1. The summed E-state index contributed by atoms with van der Waals surface area (Å²) in [5, 5.41) is 19.0. The molecule has 2 heterocycles. The molecule has 3 aliphatic rings. The molecule has 7 N–H and O–H groups in total. The number of aromatic nitrogens is 4. The van der Waals surface area contributed by atoms with E-state index in [2.05, 4.69) is 20.8 Å². The van der Waals surface area contributed by atoms with Crippen LogP contribution in [0.15, 0.2) is 101 Å². The summed E-state index contributed by atoms with van der Waals surface area (Å²) in [4.78, 5) is 66.3. The average Bonchev–Trinajstić information content (AvgIpc) is 4.53. The van der Waals surface area contributed by atoms with Crippen LogP contribution in [0.1, 0.15) is 144 Å². The zero-order valence-electron chi connectivity index (χ0n) is 47.6. The van der Waals surface area contributed by atoms with E-state index in [1.54, 1.807) is 95.6 Å². The van der Waals surface area contributed by atoms with Gasteiger partial charge in [-0.3, -0.25) is 29.1 Å². The molecule has 0 saturated heterocycles. The Hall–Kier alpha value is -7.22. The lowest BCUT2D eigenvalue weighted by atomic mass is 10.0. The molecule has 4 aromatic carbocycles. The maximum absolute atomic E-state index is 12.6. The van der Waals surface area contributed by atoms with Gasteiger partial charge in [0.1, 0.15) is 5.75 Å². The Labute approximate surface area is 498 Å². The Bertz CT molecular complexity index is 3600. The van der Waals surface area contributed by atoms with E-state index < -0.39 is 32.2 Å². The maximum Gasteiger partial charge on any atom is 0.417 e. The van der Waals surface area contributed by atoms with Crippen LogP contribution in [0.2, 0.25) is 15.1 Å². The number of ether oxygens (including phenoxy) is 1. The van der Waals surface area contributed by atoms with E-state index in [9.17, 15) is 40.8 Å². The topological polar surface area (TPSA) is 296 Å². The highest BCUT2D eigenvalue weighted by Gasteiger charge is 2.33. The van der Waals surface area contributed by atoms with Crippen molar-refractivity contribution in [2.45, 2.75) is 106 Å². The molecule has 0 unspecified atom stereocenters. The van der Waals surface area contributed by atoms with Gasteiger partial charge in [0, 0.05) is 87.5 Å². The largest absolute Gasteiger partial charge is 0.417 e. The molecule has 9 rings (SSSR count). The number of benzene rings is 4. The van der Waals surface area contributed by atoms with Gasteiger partial charge in [-0.05, 0) is 161 Å². The highest BCUT2D eigenvalue weighted by Crippen LogP contribution is 2.47. The first kappa shape index (κ1) is 64.9. The SMILES string of the molecule is CC(C)n1ccc(S(=O)(=O)NC(=O)Nc2c(C(=O)N(C)C)cc(Cl)cc2C2CC2)n1.CC(C)n1ccc(S(N)(=O)=O)n1.CN(C)C(=O)c1cc(Cl)cc(C2CC2)c1N.CN(C)C(=O)c1cc(Cl)cc(C2CC2)c1NC(=O)Oc1ccccc1. The fourth-order valence-corrected chi connectivity index (χ4v) is 10.1. The zero-order chi connectivity index (χ0) is 61.4. The average molecular weight is 1240 g/mol. The van der Waals surface area contributed by atoms with E-state index in [0.29, 0.717) is 60.7 Å². The molecule has 3 aliphatic carbocycles. The molecule has 0 aliphatic heterocycles. The van der Waals surface area contributed by atoms with E-state index in [0.717, 1.165) is 49.7 Å². The third kappa shape index (κ3) is 17.9. The Balaban J connectivity index is 0.000000188. The Kier molecular flexibility index (Phi) is 21.5. The van der Waals surface area contributed by atoms with Crippen LogP contribution in [0, 0.1) is 0 Å². The van der Waals surface area contributed by atoms with Gasteiger partial charge in [-0.1, -0.05) is 53.0 Å². The van der Waals surface area contributed by atoms with Crippen molar-refractivity contribution in [3.63, 3.8) is 0 Å². The van der Waals surface area contributed by atoms with Crippen LogP contribution in [0.5, 0.6) is 5.75 Å². The van der Waals surface area contributed by atoms with Crippen LogP contribution in [-0.4, -0.2) is 123 Å². The van der Waals surface area contributed by atoms with Gasteiger partial charge in [-0.25, -0.2) is 27.9 Å². The summed E-state index contributed by atoms with van der Waals surface area (Å²) in [5.74, 6) is 0.717. The number of nitrogens with zero attached hydrogens (tertiary/aromatic N) is 7. The molecule has 3 fully saturated rings. The molecule has 6 amide bonds. The van der Waals surface area contributed by atoms with Crippen molar-refractivity contribution in [3.8, 4) is 5.75 Å². The lowest BCUT2D eigenvalue weighted by Gasteiger charge is -2.19. The van der Waals surface area contributed by atoms with Gasteiger partial charge in [0.05, 0.1) is 28.1 Å². The number of nitrogens with one attached hydrogen (secondary N) is 3. The van der Waals surface area contributed by atoms with Gasteiger partial charge in [-0.15, -0.1) is 0 Å². The first-order valence-electron chi connectivity index (χ1n) is 26.3. The number of hydrogen-bond acceptors (Lipinski definition) is 13. The van der Waals surface area contributed by atoms with Crippen LogP contribution >= 0.6 is 34.8 Å². The van der Waals surface area contributed by atoms with Gasteiger partial charge in [0.15, 0.2) is 10.1 Å². The molecular weight excluding hydrogens is 1170 g/mol. The Morgan fingerprint density at radius 3 is 1.36 bits per heavy atom. The van der Waals surface area contributed by atoms with E-state index in [-0.39, 0.29) is 57.0 Å². The van der Waals surface area contributed by atoms with E-state index in [1.807, 2.05) is 50.6 Å². The normalized spacial score (nSPS) is 13.7. The molecule has 27 heteroatoms. The number of nitrogens with two attached hydrogens (primary N) is 2. The van der Waals surface area contributed by atoms with Crippen molar-refractivity contribution < 1.29 is 45.5 Å². The molecule has 2 aromatic heterocycles. The number of hydrogen-bond donors (Lipinski definition) is 5. The van der Waals surface area contributed by atoms with E-state index >= 15 is 0 Å². The second-order valence-corrected chi connectivity index (χ2v) is 25.5. The standard InChI is InChI=1S/C19H24ClN5O4S.C19H19ClN2O3.C12H15ClN2O.C6H11N3O2S/c1-11(2)25-8-7-16(22-25)30(28,29)23-19(27)21-17-14(12-5-6-12)9-13(20)10-15(17)18(26)24(3)4;1-22(2)18(23)16-11-13(20)10-15(12-8-9-12)17(16)21-19(24)25-14-6-4-3-5-7-14;1-15(2)12(16)10-6-8(13)5-9(11(10)14)7-3-4-7;1-5(2)9-4-3-6(8-9)12(7,10)11/h7-12H,5-6H2,1-4H3,(H2,21,23,27);3-7,10-12H,8-9H2,1-2H3,(H,21,24);5-7H,3-4,14H2,1-2H3;3-5H,1-2H3,(H2,7,10,11). The minimum Gasteiger partial charge on any atom is -0.410 e. The van der Waals surface area contributed by atoms with E-state index in [1.165, 1.54) is 43.8 Å². The lowest BCUT2D eigenvalue weighted by Crippen LogP contribution is -2.36. The molecule has 0 bridgehead atoms. The number of halogens is 3. The van der Waals surface area contributed by atoms with Crippen molar-refractivity contribution in [1.29, 1.82) is 0 Å². The number of urea groups is 1. The predicted molar refractivity (Wildman–Crippen MR) is 321 cm³/mol. The molecule has 0 radical (unpaired) electrons. The summed E-state index contributed by atoms with van der Waals surface area (Å²) < 4.78 is 56.9. The fourth-order valence-electron chi connectivity index (χ4n) is 8.12. The van der Waals surface area contributed by atoms with Crippen LogP contribution in [0.4, 0.5) is 26.7 Å². The number of carbonyl (C=O) groups is 5. The van der Waals surface area contributed by atoms with Crippen molar-refractivity contribution in [2.75, 3.05) is 58.7 Å². The van der Waals surface area contributed by atoms with Gasteiger partial charge < -0.3 is 30.5 Å². The number of primary sulfonamides is 1. The quantitative estimate of drug-likeness (QED) is 0.0635. The summed E-state index contributed by atoms with van der Waals surface area (Å²) in [5.41, 5.74) is 11.1. The minimum atomic E-state index is -4.18. The van der Waals surface area contributed by atoms with Crippen molar-refractivity contribution >= 4 is 102 Å². The van der Waals surface area contributed by atoms with Crippen LogP contribution in [-0.2, 0) is 20.0 Å². The molecule has 3 saturated carbocycles. The summed E-state index contributed by atoms with van der Waals surface area (Å²) in [6.45, 7) is 7.51. The van der Waals surface area contributed by atoms with Crippen molar-refractivity contribution in [1.82, 2.24) is 39.0 Å². The van der Waals surface area contributed by atoms with Gasteiger partial charge in [0.25, 0.3) is 37.8 Å². The summed E-state index contributed by atoms with van der Waals surface area (Å²) in [6, 6.07) is 20.7. The van der Waals surface area contributed by atoms with Gasteiger partial charge >= 0.3 is 12.1 Å². The van der Waals surface area contributed by atoms with Crippen LogP contribution < -0.4 is 31.0 Å². The zero-order valence-corrected chi connectivity index (χ0v) is 51.5.